The highest BCUT2D eigenvalue weighted by molar-refractivity contribution is 6.02. The van der Waals surface area contributed by atoms with E-state index in [4.69, 9.17) is 4.74 Å². The molecule has 2 rings (SSSR count). The molecule has 18 heavy (non-hydrogen) atoms. The highest BCUT2D eigenvalue weighted by atomic mass is 16.6. The Kier molecular flexibility index (Phi) is 2.96. The standard InChI is InChI=1S/C12H12O6/c1-5(13)10-8-6(11(15)17-2)3-4-7(14)9(8)12(16)18-10/h3-5,10,13-14H,1-2H3/t5-,10+/m1/s1. The minimum atomic E-state index is -1.000. The van der Waals surface area contributed by atoms with Gasteiger partial charge in [0, 0.05) is 5.56 Å². The Bertz CT molecular complexity index is 520. The number of aliphatic hydroxyl groups excluding tert-OH is 1. The fourth-order valence-corrected chi connectivity index (χ4v) is 1.98. The van der Waals surface area contributed by atoms with Crippen LogP contribution in [0.15, 0.2) is 12.1 Å². The number of carbonyl (C=O) groups excluding carboxylic acids is 2. The van der Waals surface area contributed by atoms with E-state index in [1.807, 2.05) is 0 Å². The summed E-state index contributed by atoms with van der Waals surface area (Å²) in [6.45, 7) is 1.43. The molecule has 6 nitrogen and oxygen atoms in total. The molecule has 1 aromatic carbocycles. The fourth-order valence-electron chi connectivity index (χ4n) is 1.98. The number of methoxy groups -OCH3 is 1. The summed E-state index contributed by atoms with van der Waals surface area (Å²) in [5.41, 5.74) is 0.174. The molecule has 2 atom stereocenters. The smallest absolute Gasteiger partial charge is 0.343 e. The monoisotopic (exact) mass is 252 g/mol. The summed E-state index contributed by atoms with van der Waals surface area (Å²) in [4.78, 5) is 23.2. The molecule has 0 bridgehead atoms. The van der Waals surface area contributed by atoms with Crippen LogP contribution in [-0.4, -0.2) is 35.4 Å². The first-order chi connectivity index (χ1) is 8.47. The van der Waals surface area contributed by atoms with Crippen LogP contribution < -0.4 is 0 Å². The van der Waals surface area contributed by atoms with Gasteiger partial charge < -0.3 is 19.7 Å². The number of ether oxygens (including phenoxy) is 2. The van der Waals surface area contributed by atoms with E-state index in [1.165, 1.54) is 26.2 Å². The number of phenols is 1. The van der Waals surface area contributed by atoms with Crippen LogP contribution >= 0.6 is 0 Å². The zero-order valence-corrected chi connectivity index (χ0v) is 9.84. The normalized spacial score (nSPS) is 19.1. The molecule has 0 unspecified atom stereocenters. The van der Waals surface area contributed by atoms with Gasteiger partial charge in [-0.15, -0.1) is 0 Å². The molecule has 1 aliphatic rings. The van der Waals surface area contributed by atoms with Crippen LogP contribution in [0.3, 0.4) is 0 Å². The molecule has 1 aliphatic heterocycles. The van der Waals surface area contributed by atoms with Gasteiger partial charge >= 0.3 is 11.9 Å². The Labute approximate surface area is 103 Å². The van der Waals surface area contributed by atoms with Gasteiger partial charge in [0.05, 0.1) is 18.8 Å². The van der Waals surface area contributed by atoms with E-state index in [0.717, 1.165) is 0 Å². The lowest BCUT2D eigenvalue weighted by atomic mass is 9.95. The average molecular weight is 252 g/mol. The molecule has 96 valence electrons. The maximum absolute atomic E-state index is 11.6. The molecular weight excluding hydrogens is 240 g/mol. The SMILES string of the molecule is COC(=O)c1ccc(O)c2c1[C@H]([C@@H](C)O)OC2=O. The number of aromatic hydroxyl groups is 1. The molecule has 1 aromatic rings. The predicted molar refractivity (Wildman–Crippen MR) is 59.3 cm³/mol. The summed E-state index contributed by atoms with van der Waals surface area (Å²) in [7, 11) is 1.20. The summed E-state index contributed by atoms with van der Waals surface area (Å²) >= 11 is 0. The second-order valence-corrected chi connectivity index (χ2v) is 3.98. The maximum Gasteiger partial charge on any atom is 0.343 e. The third-order valence-corrected chi connectivity index (χ3v) is 2.79. The number of carbonyl (C=O) groups is 2. The first-order valence-electron chi connectivity index (χ1n) is 5.30. The molecule has 0 spiro atoms. The Balaban J connectivity index is 2.67. The van der Waals surface area contributed by atoms with E-state index < -0.39 is 24.1 Å². The first kappa shape index (κ1) is 12.4. The molecule has 0 radical (unpaired) electrons. The van der Waals surface area contributed by atoms with Crippen molar-refractivity contribution in [3.63, 3.8) is 0 Å². The van der Waals surface area contributed by atoms with E-state index in [2.05, 4.69) is 4.74 Å². The van der Waals surface area contributed by atoms with Crippen LogP contribution in [0.4, 0.5) is 0 Å². The number of esters is 2. The zero-order valence-electron chi connectivity index (χ0n) is 9.84. The van der Waals surface area contributed by atoms with Crippen LogP contribution in [-0.2, 0) is 9.47 Å². The van der Waals surface area contributed by atoms with Crippen LogP contribution in [0.5, 0.6) is 5.75 Å². The van der Waals surface area contributed by atoms with Gasteiger partial charge in [0.15, 0.2) is 6.10 Å². The van der Waals surface area contributed by atoms with E-state index >= 15 is 0 Å². The molecule has 0 saturated carbocycles. The van der Waals surface area contributed by atoms with E-state index in [-0.39, 0.29) is 22.4 Å². The van der Waals surface area contributed by atoms with Gasteiger partial charge in [-0.05, 0) is 19.1 Å². The number of phenolic OH excluding ortho intramolecular Hbond substituents is 1. The van der Waals surface area contributed by atoms with Crippen molar-refractivity contribution in [2.45, 2.75) is 19.1 Å². The largest absolute Gasteiger partial charge is 0.507 e. The van der Waals surface area contributed by atoms with Crippen LogP contribution in [0.1, 0.15) is 39.3 Å². The molecule has 0 fully saturated rings. The van der Waals surface area contributed by atoms with Crippen molar-refractivity contribution in [2.24, 2.45) is 0 Å². The van der Waals surface area contributed by atoms with Gasteiger partial charge in [-0.1, -0.05) is 0 Å². The van der Waals surface area contributed by atoms with Gasteiger partial charge in [0.2, 0.25) is 0 Å². The number of fused-ring (bicyclic) bond motifs is 1. The molecule has 2 N–H and O–H groups in total. The Morgan fingerprint density at radius 1 is 1.50 bits per heavy atom. The quantitative estimate of drug-likeness (QED) is 0.755. The number of aliphatic hydroxyl groups is 1. The third kappa shape index (κ3) is 1.70. The highest BCUT2D eigenvalue weighted by Crippen LogP contribution is 2.40. The van der Waals surface area contributed by atoms with Crippen LogP contribution in [0, 0.1) is 0 Å². The summed E-state index contributed by atoms with van der Waals surface area (Å²) in [6.07, 6.45) is -1.98. The van der Waals surface area contributed by atoms with Crippen LogP contribution in [0.25, 0.3) is 0 Å². The second kappa shape index (κ2) is 4.30. The first-order valence-corrected chi connectivity index (χ1v) is 5.30. The van der Waals surface area contributed by atoms with Gasteiger partial charge in [-0.3, -0.25) is 0 Å². The van der Waals surface area contributed by atoms with Crippen molar-refractivity contribution in [1.82, 2.24) is 0 Å². The molecular formula is C12H12O6. The molecule has 0 aromatic heterocycles. The lowest BCUT2D eigenvalue weighted by Gasteiger charge is -2.15. The molecule has 0 aliphatic carbocycles. The van der Waals surface area contributed by atoms with Gasteiger partial charge in [-0.2, -0.15) is 0 Å². The summed E-state index contributed by atoms with van der Waals surface area (Å²) in [5, 5.41) is 19.2. The molecule has 0 saturated heterocycles. The minimum absolute atomic E-state index is 0.0937. The van der Waals surface area contributed by atoms with E-state index in [1.54, 1.807) is 0 Å². The Morgan fingerprint density at radius 2 is 2.17 bits per heavy atom. The van der Waals surface area contributed by atoms with Crippen molar-refractivity contribution in [3.8, 4) is 5.75 Å². The lowest BCUT2D eigenvalue weighted by Crippen LogP contribution is -2.17. The Morgan fingerprint density at radius 3 is 2.72 bits per heavy atom. The molecule has 6 heteroatoms. The zero-order chi connectivity index (χ0) is 13.4. The van der Waals surface area contributed by atoms with Crippen molar-refractivity contribution < 1.29 is 29.3 Å². The predicted octanol–water partition coefficient (Wildman–Crippen LogP) is 0.771. The van der Waals surface area contributed by atoms with Crippen LogP contribution in [0.2, 0.25) is 0 Å². The highest BCUT2D eigenvalue weighted by Gasteiger charge is 2.40. The minimum Gasteiger partial charge on any atom is -0.507 e. The van der Waals surface area contributed by atoms with Gasteiger partial charge in [0.1, 0.15) is 11.3 Å². The summed E-state index contributed by atoms with van der Waals surface area (Å²) in [5.74, 6) is -1.71. The number of hydrogen-bond donors (Lipinski definition) is 2. The molecule has 1 heterocycles. The number of rotatable bonds is 2. The lowest BCUT2D eigenvalue weighted by molar-refractivity contribution is -0.00326. The van der Waals surface area contributed by atoms with Crippen molar-refractivity contribution in [1.29, 1.82) is 0 Å². The summed E-state index contributed by atoms with van der Waals surface area (Å²) < 4.78 is 9.55. The fraction of sp³-hybridized carbons (Fsp3) is 0.333. The number of hydrogen-bond acceptors (Lipinski definition) is 6. The van der Waals surface area contributed by atoms with Crippen molar-refractivity contribution in [2.75, 3.05) is 7.11 Å². The van der Waals surface area contributed by atoms with E-state index in [0.29, 0.717) is 0 Å². The summed E-state index contributed by atoms with van der Waals surface area (Å²) in [6, 6.07) is 2.55. The average Bonchev–Trinajstić information content (AvgIpc) is 2.68. The van der Waals surface area contributed by atoms with Gasteiger partial charge in [-0.25, -0.2) is 9.59 Å². The number of cyclic esters (lactones) is 1. The number of benzene rings is 1. The van der Waals surface area contributed by atoms with Crippen molar-refractivity contribution in [3.05, 3.63) is 28.8 Å². The topological polar surface area (TPSA) is 93.1 Å². The van der Waals surface area contributed by atoms with E-state index in [9.17, 15) is 19.8 Å². The van der Waals surface area contributed by atoms with Crippen molar-refractivity contribution >= 4 is 11.9 Å². The van der Waals surface area contributed by atoms with Gasteiger partial charge in [0.25, 0.3) is 0 Å². The maximum atomic E-state index is 11.6. The second-order valence-electron chi connectivity index (χ2n) is 3.98. The Hall–Kier alpha value is -2.08. The molecule has 0 amide bonds. The third-order valence-electron chi connectivity index (χ3n) is 2.79.